The summed E-state index contributed by atoms with van der Waals surface area (Å²) in [5, 5.41) is 0. The van der Waals surface area contributed by atoms with Gasteiger partial charge in [-0.3, -0.25) is 4.57 Å². The molecule has 0 saturated carbocycles. The highest BCUT2D eigenvalue weighted by atomic mass is 127. The zero-order valence-electron chi connectivity index (χ0n) is 9.65. The summed E-state index contributed by atoms with van der Waals surface area (Å²) < 4.78 is 4.19. The van der Waals surface area contributed by atoms with Crippen LogP contribution in [-0.4, -0.2) is 14.5 Å². The average Bonchev–Trinajstić information content (AvgIpc) is 2.80. The number of hydrogen-bond acceptors (Lipinski definition) is 2. The number of halogens is 3. The van der Waals surface area contributed by atoms with E-state index in [4.69, 9.17) is 11.6 Å². The predicted octanol–water partition coefficient (Wildman–Crippen LogP) is 4.53. The van der Waals surface area contributed by atoms with Crippen molar-refractivity contribution in [3.8, 4) is 5.69 Å². The zero-order chi connectivity index (χ0) is 13.4. The number of hydrogen-bond donors (Lipinski definition) is 0. The van der Waals surface area contributed by atoms with Gasteiger partial charge in [-0.25, -0.2) is 9.97 Å². The Morgan fingerprint density at radius 3 is 2.89 bits per heavy atom. The summed E-state index contributed by atoms with van der Waals surface area (Å²) in [5.74, 6) is 1.14. The van der Waals surface area contributed by atoms with Crippen molar-refractivity contribution in [1.29, 1.82) is 0 Å². The molecule has 0 unspecified atom stereocenters. The number of nitrogens with zero attached hydrogens (tertiary/aromatic N) is 3. The zero-order valence-corrected chi connectivity index (χ0v) is 14.1. The van der Waals surface area contributed by atoms with Crippen LogP contribution in [0, 0.1) is 3.57 Å². The van der Waals surface area contributed by atoms with E-state index in [1.807, 2.05) is 34.9 Å². The summed E-state index contributed by atoms with van der Waals surface area (Å²) >= 11 is 11.8. The summed E-state index contributed by atoms with van der Waals surface area (Å²) in [6.07, 6.45) is 1.76. The van der Waals surface area contributed by atoms with Crippen molar-refractivity contribution in [2.24, 2.45) is 0 Å². The van der Waals surface area contributed by atoms with Crippen molar-refractivity contribution in [3.05, 3.63) is 50.4 Å². The molecule has 0 spiro atoms. The van der Waals surface area contributed by atoms with Gasteiger partial charge in [0.05, 0.1) is 11.6 Å². The molecule has 3 aromatic rings. The first-order chi connectivity index (χ1) is 9.20. The second-order valence-electron chi connectivity index (χ2n) is 3.94. The van der Waals surface area contributed by atoms with E-state index in [0.717, 1.165) is 30.7 Å². The Kier molecular flexibility index (Phi) is 3.77. The van der Waals surface area contributed by atoms with Gasteiger partial charge in [0.25, 0.3) is 0 Å². The third-order valence-corrected chi connectivity index (χ3v) is 5.34. The van der Waals surface area contributed by atoms with Crippen LogP contribution in [-0.2, 0) is 5.88 Å². The molecular formula is C13H8BrClIN3. The van der Waals surface area contributed by atoms with Crippen LogP contribution >= 0.6 is 50.1 Å². The lowest BCUT2D eigenvalue weighted by Crippen LogP contribution is -2.00. The SMILES string of the molecule is ClCc1nc2cccnc2n1-c1ccc(I)c(Br)c1. The molecule has 3 rings (SSSR count). The second-order valence-corrected chi connectivity index (χ2v) is 6.23. The minimum Gasteiger partial charge on any atom is -0.280 e. The van der Waals surface area contributed by atoms with Crippen LogP contribution in [0.4, 0.5) is 0 Å². The fourth-order valence-corrected chi connectivity index (χ4v) is 2.83. The van der Waals surface area contributed by atoms with Crippen molar-refractivity contribution in [2.45, 2.75) is 5.88 Å². The summed E-state index contributed by atoms with van der Waals surface area (Å²) in [4.78, 5) is 8.91. The standard InChI is InChI=1S/C13H8BrClIN3/c14-9-6-8(3-4-10(9)16)19-12(7-15)18-11-2-1-5-17-13(11)19/h1-6H,7H2. The smallest absolute Gasteiger partial charge is 0.164 e. The van der Waals surface area contributed by atoms with E-state index < -0.39 is 0 Å². The molecule has 0 amide bonds. The Bertz CT molecular complexity index is 757. The second kappa shape index (κ2) is 5.38. The van der Waals surface area contributed by atoms with Crippen molar-refractivity contribution >= 4 is 61.3 Å². The first-order valence-corrected chi connectivity index (χ1v) is 7.95. The van der Waals surface area contributed by atoms with Gasteiger partial charge in [-0.15, -0.1) is 11.6 Å². The van der Waals surface area contributed by atoms with Crippen LogP contribution in [0.1, 0.15) is 5.82 Å². The lowest BCUT2D eigenvalue weighted by atomic mass is 10.3. The molecule has 0 fully saturated rings. The van der Waals surface area contributed by atoms with Gasteiger partial charge in [0.1, 0.15) is 11.3 Å². The van der Waals surface area contributed by atoms with E-state index in [1.165, 1.54) is 0 Å². The van der Waals surface area contributed by atoms with Gasteiger partial charge in [-0.1, -0.05) is 0 Å². The number of alkyl halides is 1. The maximum atomic E-state index is 6.00. The van der Waals surface area contributed by atoms with Crippen molar-refractivity contribution in [3.63, 3.8) is 0 Å². The van der Waals surface area contributed by atoms with Gasteiger partial charge in [-0.05, 0) is 68.9 Å². The molecule has 3 nitrogen and oxygen atoms in total. The number of imidazole rings is 1. The highest BCUT2D eigenvalue weighted by molar-refractivity contribution is 14.1. The average molecular weight is 448 g/mol. The van der Waals surface area contributed by atoms with Crippen LogP contribution < -0.4 is 0 Å². The maximum absolute atomic E-state index is 6.00. The molecule has 0 aliphatic heterocycles. The van der Waals surface area contributed by atoms with Crippen LogP contribution in [0.3, 0.4) is 0 Å². The highest BCUT2D eigenvalue weighted by Gasteiger charge is 2.13. The van der Waals surface area contributed by atoms with Crippen molar-refractivity contribution < 1.29 is 0 Å². The first-order valence-electron chi connectivity index (χ1n) is 5.54. The molecule has 0 N–H and O–H groups in total. The van der Waals surface area contributed by atoms with E-state index in [2.05, 4.69) is 48.5 Å². The Balaban J connectivity index is 2.31. The monoisotopic (exact) mass is 447 g/mol. The summed E-state index contributed by atoms with van der Waals surface area (Å²) in [6, 6.07) is 9.96. The Morgan fingerprint density at radius 1 is 1.32 bits per heavy atom. The normalized spacial score (nSPS) is 11.1. The Morgan fingerprint density at radius 2 is 2.16 bits per heavy atom. The van der Waals surface area contributed by atoms with Crippen molar-refractivity contribution in [2.75, 3.05) is 0 Å². The molecule has 6 heteroatoms. The van der Waals surface area contributed by atoms with Gasteiger partial charge in [0.2, 0.25) is 0 Å². The van der Waals surface area contributed by atoms with Crippen LogP contribution in [0.15, 0.2) is 41.0 Å². The van der Waals surface area contributed by atoms with E-state index in [0.29, 0.717) is 5.88 Å². The summed E-state index contributed by atoms with van der Waals surface area (Å²) in [5.41, 5.74) is 2.68. The van der Waals surface area contributed by atoms with E-state index in [-0.39, 0.29) is 0 Å². The van der Waals surface area contributed by atoms with Gasteiger partial charge < -0.3 is 0 Å². The van der Waals surface area contributed by atoms with Crippen LogP contribution in [0.5, 0.6) is 0 Å². The minimum absolute atomic E-state index is 0.347. The lowest BCUT2D eigenvalue weighted by molar-refractivity contribution is 0.968. The Labute approximate surface area is 137 Å². The number of pyridine rings is 1. The molecule has 0 aliphatic carbocycles. The van der Waals surface area contributed by atoms with Gasteiger partial charge >= 0.3 is 0 Å². The fourth-order valence-electron chi connectivity index (χ4n) is 1.94. The fraction of sp³-hybridized carbons (Fsp3) is 0.0769. The quantitative estimate of drug-likeness (QED) is 0.426. The molecule has 0 atom stereocenters. The number of benzene rings is 1. The molecule has 19 heavy (non-hydrogen) atoms. The molecule has 2 aromatic heterocycles. The topological polar surface area (TPSA) is 30.7 Å². The van der Waals surface area contributed by atoms with Crippen LogP contribution in [0.25, 0.3) is 16.9 Å². The number of rotatable bonds is 2. The van der Waals surface area contributed by atoms with E-state index in [9.17, 15) is 0 Å². The Hall–Kier alpha value is -0.660. The van der Waals surface area contributed by atoms with E-state index in [1.54, 1.807) is 6.20 Å². The third kappa shape index (κ3) is 2.39. The largest absolute Gasteiger partial charge is 0.280 e. The minimum atomic E-state index is 0.347. The van der Waals surface area contributed by atoms with Crippen molar-refractivity contribution in [1.82, 2.24) is 14.5 Å². The lowest BCUT2D eigenvalue weighted by Gasteiger charge is -2.08. The summed E-state index contributed by atoms with van der Waals surface area (Å²) in [6.45, 7) is 0. The molecule has 2 heterocycles. The van der Waals surface area contributed by atoms with Gasteiger partial charge in [-0.2, -0.15) is 0 Å². The molecule has 0 bridgehead atoms. The predicted molar refractivity (Wildman–Crippen MR) is 88.8 cm³/mol. The molecule has 96 valence electrons. The highest BCUT2D eigenvalue weighted by Crippen LogP contribution is 2.26. The summed E-state index contributed by atoms with van der Waals surface area (Å²) in [7, 11) is 0. The maximum Gasteiger partial charge on any atom is 0.164 e. The molecular weight excluding hydrogens is 440 g/mol. The van der Waals surface area contributed by atoms with Crippen LogP contribution in [0.2, 0.25) is 0 Å². The van der Waals surface area contributed by atoms with Gasteiger partial charge in [0.15, 0.2) is 5.65 Å². The molecule has 0 aliphatic rings. The van der Waals surface area contributed by atoms with E-state index >= 15 is 0 Å². The number of fused-ring (bicyclic) bond motifs is 1. The van der Waals surface area contributed by atoms with Gasteiger partial charge in [0, 0.05) is 14.2 Å². The molecule has 1 aromatic carbocycles. The number of aromatic nitrogens is 3. The third-order valence-electron chi connectivity index (χ3n) is 2.77. The first kappa shape index (κ1) is 13.3. The molecule has 0 saturated heterocycles. The molecule has 0 radical (unpaired) electrons.